The monoisotopic (exact) mass is 444 g/mol. The van der Waals surface area contributed by atoms with Crippen LogP contribution in [0.1, 0.15) is 58.9 Å². The van der Waals surface area contributed by atoms with Crippen LogP contribution >= 0.6 is 0 Å². The summed E-state index contributed by atoms with van der Waals surface area (Å²) in [5.74, 6) is -0.180. The first-order chi connectivity index (χ1) is 15.5. The summed E-state index contributed by atoms with van der Waals surface area (Å²) in [6.07, 6.45) is 3.63. The van der Waals surface area contributed by atoms with Crippen LogP contribution < -0.4 is 9.47 Å². The van der Waals surface area contributed by atoms with Gasteiger partial charge in [0, 0.05) is 5.92 Å². The van der Waals surface area contributed by atoms with E-state index >= 15 is 0 Å². The minimum atomic E-state index is -1.73. The Labute approximate surface area is 196 Å². The molecule has 1 aromatic rings. The van der Waals surface area contributed by atoms with Gasteiger partial charge in [0.15, 0.2) is 16.9 Å². The van der Waals surface area contributed by atoms with E-state index in [4.69, 9.17) is 14.9 Å². The van der Waals surface area contributed by atoms with Crippen molar-refractivity contribution >= 4 is 5.71 Å². The van der Waals surface area contributed by atoms with Gasteiger partial charge in [0.05, 0.1) is 37.1 Å². The molecule has 6 heteroatoms. The Bertz CT molecular complexity index is 1080. The number of ether oxygens (including phenoxy) is 2. The molecular weight excluding hydrogens is 412 g/mol. The molecule has 0 amide bonds. The number of hydrogen-bond acceptors (Lipinski definition) is 6. The van der Waals surface area contributed by atoms with Crippen molar-refractivity contribution in [1.29, 1.82) is 21.2 Å². The lowest BCUT2D eigenvalue weighted by Crippen LogP contribution is -2.50. The maximum absolute atomic E-state index is 10.3. The largest absolute Gasteiger partial charge is 0.493 e. The van der Waals surface area contributed by atoms with Crippen LogP contribution in [-0.4, -0.2) is 18.9 Å². The number of benzene rings is 1. The van der Waals surface area contributed by atoms with Crippen LogP contribution in [0.3, 0.4) is 0 Å². The average molecular weight is 445 g/mol. The van der Waals surface area contributed by atoms with Gasteiger partial charge in [-0.15, -0.1) is 0 Å². The van der Waals surface area contributed by atoms with Gasteiger partial charge in [0.2, 0.25) is 0 Å². The van der Waals surface area contributed by atoms with Crippen LogP contribution in [-0.2, 0) is 0 Å². The van der Waals surface area contributed by atoms with E-state index in [9.17, 15) is 15.8 Å². The van der Waals surface area contributed by atoms with E-state index < -0.39 is 17.3 Å². The Kier molecular flexibility index (Phi) is 6.58. The molecule has 0 heterocycles. The summed E-state index contributed by atoms with van der Waals surface area (Å²) < 4.78 is 11.4. The zero-order chi connectivity index (χ0) is 24.6. The van der Waals surface area contributed by atoms with Crippen LogP contribution in [0.5, 0.6) is 11.5 Å². The maximum Gasteiger partial charge on any atom is 0.189 e. The van der Waals surface area contributed by atoms with E-state index in [0.29, 0.717) is 17.4 Å². The van der Waals surface area contributed by atoms with Crippen molar-refractivity contribution in [3.63, 3.8) is 0 Å². The second-order valence-corrected chi connectivity index (χ2v) is 10.4. The average Bonchev–Trinajstić information content (AvgIpc) is 2.77. The normalized spacial score (nSPS) is 26.3. The number of fused-ring (bicyclic) bond motifs is 1. The molecule has 0 aliphatic heterocycles. The van der Waals surface area contributed by atoms with Gasteiger partial charge < -0.3 is 14.9 Å². The van der Waals surface area contributed by atoms with Crippen molar-refractivity contribution < 1.29 is 9.47 Å². The summed E-state index contributed by atoms with van der Waals surface area (Å²) in [5, 5.41) is 39.3. The van der Waals surface area contributed by atoms with Crippen molar-refractivity contribution in [2.45, 2.75) is 59.5 Å². The third kappa shape index (κ3) is 4.09. The zero-order valence-electron chi connectivity index (χ0n) is 20.3. The van der Waals surface area contributed by atoms with Crippen molar-refractivity contribution in [2.24, 2.45) is 28.6 Å². The molecule has 1 N–H and O–H groups in total. The quantitative estimate of drug-likeness (QED) is 0.592. The second kappa shape index (κ2) is 8.92. The molecule has 6 nitrogen and oxygen atoms in total. The molecule has 0 saturated heterocycles. The lowest BCUT2D eigenvalue weighted by molar-refractivity contribution is 0.167. The van der Waals surface area contributed by atoms with Crippen LogP contribution in [0.15, 0.2) is 29.8 Å². The van der Waals surface area contributed by atoms with Gasteiger partial charge >= 0.3 is 0 Å². The van der Waals surface area contributed by atoms with Crippen LogP contribution in [0.4, 0.5) is 0 Å². The van der Waals surface area contributed by atoms with Gasteiger partial charge in [-0.05, 0) is 67.2 Å². The molecule has 2 aliphatic rings. The van der Waals surface area contributed by atoms with E-state index in [1.807, 2.05) is 26.0 Å². The highest BCUT2D eigenvalue weighted by Crippen LogP contribution is 2.58. The first-order valence-corrected chi connectivity index (χ1v) is 11.4. The van der Waals surface area contributed by atoms with Gasteiger partial charge in [-0.2, -0.15) is 15.8 Å². The Balaban J connectivity index is 2.24. The molecule has 0 spiro atoms. The molecule has 1 saturated carbocycles. The fourth-order valence-electron chi connectivity index (χ4n) is 5.33. The highest BCUT2D eigenvalue weighted by atomic mass is 16.5. The lowest BCUT2D eigenvalue weighted by atomic mass is 9.51. The SMILES string of the molecule is COc1cc(C2[C@H]3CC(C(C)(C)C)CC=C3C(C#N)C(=N)C2(C#N)C#N)ccc1OC(C)C. The summed E-state index contributed by atoms with van der Waals surface area (Å²) in [5.41, 5.74) is -0.201. The molecule has 3 rings (SSSR count). The van der Waals surface area contributed by atoms with Crippen molar-refractivity contribution in [2.75, 3.05) is 7.11 Å². The Morgan fingerprint density at radius 3 is 2.30 bits per heavy atom. The highest BCUT2D eigenvalue weighted by molar-refractivity contribution is 6.00. The van der Waals surface area contributed by atoms with E-state index in [-0.39, 0.29) is 23.1 Å². The molecule has 172 valence electrons. The third-order valence-corrected chi connectivity index (χ3v) is 7.14. The highest BCUT2D eigenvalue weighted by Gasteiger charge is 2.58. The number of methoxy groups -OCH3 is 1. The molecule has 3 unspecified atom stereocenters. The second-order valence-electron chi connectivity index (χ2n) is 10.4. The van der Waals surface area contributed by atoms with Crippen molar-refractivity contribution in [3.8, 4) is 29.7 Å². The predicted octanol–water partition coefficient (Wildman–Crippen LogP) is 5.77. The first-order valence-electron chi connectivity index (χ1n) is 11.4. The number of nitrogens with one attached hydrogen (secondary N) is 1. The summed E-state index contributed by atoms with van der Waals surface area (Å²) in [6.45, 7) is 10.4. The van der Waals surface area contributed by atoms with Gasteiger partial charge in [-0.25, -0.2) is 0 Å². The van der Waals surface area contributed by atoms with Crippen molar-refractivity contribution in [3.05, 3.63) is 35.4 Å². The molecule has 33 heavy (non-hydrogen) atoms. The number of nitrogens with zero attached hydrogens (tertiary/aromatic N) is 3. The molecule has 0 bridgehead atoms. The molecular formula is C27H32N4O2. The minimum absolute atomic E-state index is 0.0360. The Morgan fingerprint density at radius 2 is 1.79 bits per heavy atom. The molecule has 4 atom stereocenters. The number of nitriles is 3. The van der Waals surface area contributed by atoms with Gasteiger partial charge in [0.25, 0.3) is 0 Å². The van der Waals surface area contributed by atoms with Gasteiger partial charge in [-0.1, -0.05) is 32.9 Å². The summed E-state index contributed by atoms with van der Waals surface area (Å²) in [4.78, 5) is 0. The molecule has 0 aromatic heterocycles. The van der Waals surface area contributed by atoms with Gasteiger partial charge in [0.1, 0.15) is 5.92 Å². The zero-order valence-corrected chi connectivity index (χ0v) is 20.3. The van der Waals surface area contributed by atoms with E-state index in [2.05, 4.69) is 45.1 Å². The number of hydrogen-bond donors (Lipinski definition) is 1. The summed E-state index contributed by atoms with van der Waals surface area (Å²) >= 11 is 0. The predicted molar refractivity (Wildman–Crippen MR) is 126 cm³/mol. The molecule has 0 radical (unpaired) electrons. The fraction of sp³-hybridized carbons (Fsp3) is 0.556. The first kappa shape index (κ1) is 24.3. The maximum atomic E-state index is 10.3. The fourth-order valence-corrected chi connectivity index (χ4v) is 5.33. The minimum Gasteiger partial charge on any atom is -0.493 e. The number of allylic oxidation sites excluding steroid dienone is 2. The third-order valence-electron chi connectivity index (χ3n) is 7.14. The Hall–Kier alpha value is -3.30. The van der Waals surface area contributed by atoms with Crippen molar-refractivity contribution in [1.82, 2.24) is 0 Å². The standard InChI is InChI=1S/C27H32N4O2/c1-16(2)33-22-10-7-17(11-23(22)32-6)24-20-12-18(26(3,4)5)8-9-19(20)21(13-28)25(31)27(24,14-29)15-30/h7,9-11,16,18,20-21,24,31H,8,12H2,1-6H3/t18?,20-,21?,24?/m0/s1. The van der Waals surface area contributed by atoms with Gasteiger partial charge in [-0.3, -0.25) is 0 Å². The van der Waals surface area contributed by atoms with Crippen LogP contribution in [0.25, 0.3) is 0 Å². The number of rotatable bonds is 4. The topological polar surface area (TPSA) is 114 Å². The van der Waals surface area contributed by atoms with E-state index in [1.54, 1.807) is 13.2 Å². The lowest BCUT2D eigenvalue weighted by Gasteiger charge is -2.49. The van der Waals surface area contributed by atoms with Crippen LogP contribution in [0.2, 0.25) is 0 Å². The summed E-state index contributed by atoms with van der Waals surface area (Å²) in [6, 6.07) is 12.0. The molecule has 2 aliphatic carbocycles. The van der Waals surface area contributed by atoms with Crippen LogP contribution in [0, 0.1) is 68.0 Å². The van der Waals surface area contributed by atoms with E-state index in [0.717, 1.165) is 24.0 Å². The van der Waals surface area contributed by atoms with E-state index in [1.165, 1.54) is 0 Å². The summed E-state index contributed by atoms with van der Waals surface area (Å²) in [7, 11) is 1.56. The molecule has 1 aromatic carbocycles. The Morgan fingerprint density at radius 1 is 1.12 bits per heavy atom. The molecule has 1 fully saturated rings. The smallest absolute Gasteiger partial charge is 0.189 e.